The third kappa shape index (κ3) is 2.87. The number of likely N-dealkylation sites (N-methyl/N-ethyl adjacent to an activating group) is 1. The quantitative estimate of drug-likeness (QED) is 0.905. The fourth-order valence-corrected chi connectivity index (χ4v) is 3.30. The number of hydrogen-bond donors (Lipinski definition) is 1. The Labute approximate surface area is 126 Å². The molecule has 0 aliphatic carbocycles. The molecule has 3 rings (SSSR count). The van der Waals surface area contributed by atoms with E-state index in [1.165, 1.54) is 9.88 Å². The Hall–Kier alpha value is -1.36. The van der Waals surface area contributed by atoms with Crippen LogP contribution in [0.5, 0.6) is 0 Å². The lowest BCUT2D eigenvalue weighted by molar-refractivity contribution is 0.802. The predicted octanol–water partition coefficient (Wildman–Crippen LogP) is 4.14. The van der Waals surface area contributed by atoms with E-state index in [2.05, 4.69) is 28.9 Å². The Morgan fingerprint density at radius 1 is 1.35 bits per heavy atom. The summed E-state index contributed by atoms with van der Waals surface area (Å²) in [7, 11) is 0. The van der Waals surface area contributed by atoms with Crippen LogP contribution >= 0.6 is 11.3 Å². The lowest BCUT2D eigenvalue weighted by Crippen LogP contribution is -2.24. The molecule has 3 heterocycles. The Morgan fingerprint density at radius 3 is 2.75 bits per heavy atom. The summed E-state index contributed by atoms with van der Waals surface area (Å²) in [6.07, 6.45) is 4.01. The van der Waals surface area contributed by atoms with E-state index in [1.807, 2.05) is 31.4 Å². The molecule has 0 saturated heterocycles. The first-order valence-corrected chi connectivity index (χ1v) is 7.92. The number of H-pyrrole nitrogens is 1. The Balaban J connectivity index is 0.000000639. The standard InChI is InChI=1S/C12H16N4S.C2H6.CH4/c1-3-10-14-11-8-7-13-15-12(8)16(4-2)6-5-9(11)17-10;1-2;/h7H,3-6H2,1-2H3,(H,13,15);1-2H3;1H4. The van der Waals surface area contributed by atoms with Gasteiger partial charge in [0.15, 0.2) is 0 Å². The SMILES string of the molecule is C.CC.CCc1nc2c(s1)CCN(CC)c1[nH]ncc1-2. The summed E-state index contributed by atoms with van der Waals surface area (Å²) >= 11 is 1.85. The predicted molar refractivity (Wildman–Crippen MR) is 88.7 cm³/mol. The molecule has 112 valence electrons. The summed E-state index contributed by atoms with van der Waals surface area (Å²) in [5.74, 6) is 1.12. The van der Waals surface area contributed by atoms with Gasteiger partial charge in [-0.1, -0.05) is 28.2 Å². The van der Waals surface area contributed by atoms with Crippen LogP contribution in [0.1, 0.15) is 45.0 Å². The van der Waals surface area contributed by atoms with Crippen molar-refractivity contribution in [2.75, 3.05) is 18.0 Å². The van der Waals surface area contributed by atoms with Gasteiger partial charge in [0.2, 0.25) is 0 Å². The van der Waals surface area contributed by atoms with E-state index in [9.17, 15) is 0 Å². The first kappa shape index (κ1) is 16.7. The summed E-state index contributed by atoms with van der Waals surface area (Å²) in [6.45, 7) is 10.4. The second kappa shape index (κ2) is 7.43. The molecular formula is C15H26N4S. The highest BCUT2D eigenvalue weighted by Crippen LogP contribution is 2.36. The normalized spacial score (nSPS) is 12.5. The van der Waals surface area contributed by atoms with Gasteiger partial charge in [-0.05, 0) is 13.3 Å². The van der Waals surface area contributed by atoms with Crippen LogP contribution in [0.15, 0.2) is 6.20 Å². The van der Waals surface area contributed by atoms with E-state index in [1.54, 1.807) is 0 Å². The molecule has 1 aliphatic heterocycles. The smallest absolute Gasteiger partial charge is 0.133 e. The fourth-order valence-electron chi connectivity index (χ4n) is 2.29. The van der Waals surface area contributed by atoms with Gasteiger partial charge in [0.25, 0.3) is 0 Å². The molecule has 0 atom stereocenters. The second-order valence-electron chi connectivity index (χ2n) is 4.19. The molecule has 5 heteroatoms. The van der Waals surface area contributed by atoms with Gasteiger partial charge in [0.05, 0.1) is 22.5 Å². The number of hydrogen-bond acceptors (Lipinski definition) is 4. The molecule has 1 aliphatic rings. The topological polar surface area (TPSA) is 44.8 Å². The number of aromatic nitrogens is 3. The van der Waals surface area contributed by atoms with Gasteiger partial charge < -0.3 is 4.90 Å². The van der Waals surface area contributed by atoms with Crippen LogP contribution in [0, 0.1) is 0 Å². The maximum atomic E-state index is 4.74. The molecule has 0 spiro atoms. The minimum Gasteiger partial charge on any atom is -0.356 e. The largest absolute Gasteiger partial charge is 0.356 e. The minimum absolute atomic E-state index is 0. The second-order valence-corrected chi connectivity index (χ2v) is 5.36. The van der Waals surface area contributed by atoms with Crippen molar-refractivity contribution in [3.8, 4) is 11.3 Å². The summed E-state index contributed by atoms with van der Waals surface area (Å²) in [5.41, 5.74) is 2.31. The zero-order chi connectivity index (χ0) is 13.8. The summed E-state index contributed by atoms with van der Waals surface area (Å²) < 4.78 is 0. The molecule has 0 unspecified atom stereocenters. The molecule has 0 fully saturated rings. The number of thiazole rings is 1. The Morgan fingerprint density at radius 2 is 2.10 bits per heavy atom. The van der Waals surface area contributed by atoms with Gasteiger partial charge in [-0.3, -0.25) is 5.10 Å². The van der Waals surface area contributed by atoms with Gasteiger partial charge >= 0.3 is 0 Å². The third-order valence-electron chi connectivity index (χ3n) is 3.23. The van der Waals surface area contributed by atoms with E-state index in [0.717, 1.165) is 43.0 Å². The molecule has 4 nitrogen and oxygen atoms in total. The Kier molecular flexibility index (Phi) is 6.20. The van der Waals surface area contributed by atoms with Crippen molar-refractivity contribution in [3.63, 3.8) is 0 Å². The van der Waals surface area contributed by atoms with Crippen LogP contribution in [-0.4, -0.2) is 28.3 Å². The molecule has 0 bridgehead atoms. The van der Waals surface area contributed by atoms with Gasteiger partial charge in [-0.25, -0.2) is 4.98 Å². The first-order valence-electron chi connectivity index (χ1n) is 7.10. The molecule has 1 N–H and O–H groups in total. The van der Waals surface area contributed by atoms with Gasteiger partial charge in [0.1, 0.15) is 5.82 Å². The number of aryl methyl sites for hydroxylation is 1. The van der Waals surface area contributed by atoms with Crippen LogP contribution in [-0.2, 0) is 12.8 Å². The van der Waals surface area contributed by atoms with Crippen molar-refractivity contribution >= 4 is 17.2 Å². The molecule has 0 aromatic carbocycles. The zero-order valence-corrected chi connectivity index (χ0v) is 13.0. The van der Waals surface area contributed by atoms with Crippen LogP contribution in [0.4, 0.5) is 5.82 Å². The third-order valence-corrected chi connectivity index (χ3v) is 4.48. The van der Waals surface area contributed by atoms with Crippen LogP contribution in [0.2, 0.25) is 0 Å². The number of rotatable bonds is 2. The summed E-state index contributed by atoms with van der Waals surface area (Å²) in [6, 6.07) is 0. The molecule has 0 amide bonds. The number of nitrogens with zero attached hydrogens (tertiary/aromatic N) is 3. The number of anilines is 1. The van der Waals surface area contributed by atoms with Gasteiger partial charge in [0, 0.05) is 24.4 Å². The monoisotopic (exact) mass is 294 g/mol. The first-order chi connectivity index (χ1) is 9.33. The van der Waals surface area contributed by atoms with Crippen molar-refractivity contribution in [2.24, 2.45) is 0 Å². The lowest BCUT2D eigenvalue weighted by Gasteiger charge is -2.19. The van der Waals surface area contributed by atoms with Crippen molar-refractivity contribution < 1.29 is 0 Å². The van der Waals surface area contributed by atoms with Gasteiger partial charge in [-0.15, -0.1) is 11.3 Å². The highest BCUT2D eigenvalue weighted by Gasteiger charge is 2.23. The van der Waals surface area contributed by atoms with Crippen LogP contribution < -0.4 is 4.90 Å². The van der Waals surface area contributed by atoms with Crippen molar-refractivity contribution in [1.82, 2.24) is 15.2 Å². The number of fused-ring (bicyclic) bond motifs is 3. The van der Waals surface area contributed by atoms with E-state index >= 15 is 0 Å². The van der Waals surface area contributed by atoms with Crippen molar-refractivity contribution in [3.05, 3.63) is 16.1 Å². The van der Waals surface area contributed by atoms with Crippen molar-refractivity contribution in [2.45, 2.75) is 48.0 Å². The molecular weight excluding hydrogens is 268 g/mol. The summed E-state index contributed by atoms with van der Waals surface area (Å²) in [5, 5.41) is 8.51. The van der Waals surface area contributed by atoms with E-state index in [0.29, 0.717) is 0 Å². The molecule has 0 radical (unpaired) electrons. The lowest BCUT2D eigenvalue weighted by atomic mass is 10.2. The minimum atomic E-state index is 0. The van der Waals surface area contributed by atoms with E-state index in [-0.39, 0.29) is 7.43 Å². The molecule has 0 saturated carbocycles. The number of aromatic amines is 1. The zero-order valence-electron chi connectivity index (χ0n) is 12.2. The average molecular weight is 294 g/mol. The van der Waals surface area contributed by atoms with E-state index < -0.39 is 0 Å². The molecule has 20 heavy (non-hydrogen) atoms. The maximum absolute atomic E-state index is 4.74. The fraction of sp³-hybridized carbons (Fsp3) is 0.600. The maximum Gasteiger partial charge on any atom is 0.133 e. The Bertz CT molecular complexity index is 530. The van der Waals surface area contributed by atoms with E-state index in [4.69, 9.17) is 4.98 Å². The molecule has 2 aromatic rings. The number of nitrogens with one attached hydrogen (secondary N) is 1. The summed E-state index contributed by atoms with van der Waals surface area (Å²) in [4.78, 5) is 8.48. The molecule has 2 aromatic heterocycles. The van der Waals surface area contributed by atoms with Crippen LogP contribution in [0.25, 0.3) is 11.3 Å². The average Bonchev–Trinajstić information content (AvgIpc) is 3.06. The van der Waals surface area contributed by atoms with Crippen LogP contribution in [0.3, 0.4) is 0 Å². The van der Waals surface area contributed by atoms with Crippen molar-refractivity contribution in [1.29, 1.82) is 0 Å². The highest BCUT2D eigenvalue weighted by atomic mass is 32.1. The van der Waals surface area contributed by atoms with Gasteiger partial charge in [-0.2, -0.15) is 5.10 Å². The highest BCUT2D eigenvalue weighted by molar-refractivity contribution is 7.12.